The molecule has 0 aliphatic rings. The molecule has 0 spiro atoms. The Kier molecular flexibility index (Phi) is 6.98. The fourth-order valence-corrected chi connectivity index (χ4v) is 1.07. The van der Waals surface area contributed by atoms with Gasteiger partial charge in [0.15, 0.2) is 0 Å². The monoisotopic (exact) mass is 268 g/mol. The second-order valence-electron chi connectivity index (χ2n) is 2.91. The number of benzene rings is 1. The van der Waals surface area contributed by atoms with Gasteiger partial charge >= 0.3 is 8.26 Å². The van der Waals surface area contributed by atoms with E-state index in [1.807, 2.05) is 0 Å². The average Bonchev–Trinajstić information content (AvgIpc) is 2.15. The average molecular weight is 269 g/mol. The quantitative estimate of drug-likeness (QED) is 0.770. The fourth-order valence-electron chi connectivity index (χ4n) is 1.07. The summed E-state index contributed by atoms with van der Waals surface area (Å²) < 4.78 is 18.3. The van der Waals surface area contributed by atoms with E-state index in [0.29, 0.717) is 0 Å². The van der Waals surface area contributed by atoms with Crippen molar-refractivity contribution in [1.82, 2.24) is 0 Å². The molecular formula is C10H14Cl2O2S. The summed E-state index contributed by atoms with van der Waals surface area (Å²) in [5.41, 5.74) is 2.89. The van der Waals surface area contributed by atoms with Crippen LogP contribution in [-0.4, -0.2) is 8.42 Å². The third-order valence-corrected chi connectivity index (χ3v) is 1.81. The lowest BCUT2D eigenvalue weighted by Crippen LogP contribution is -1.83. The minimum atomic E-state index is -3.72. The van der Waals surface area contributed by atoms with Crippen molar-refractivity contribution in [1.29, 1.82) is 0 Å². The third kappa shape index (κ3) is 10.0. The molecule has 1 aromatic carbocycles. The Morgan fingerprint density at radius 2 is 1.40 bits per heavy atom. The molecule has 0 N–H and O–H groups in total. The van der Waals surface area contributed by atoms with Crippen LogP contribution in [0.2, 0.25) is 0 Å². The molecule has 0 saturated heterocycles. The van der Waals surface area contributed by atoms with Crippen LogP contribution in [0.4, 0.5) is 0 Å². The summed E-state index contributed by atoms with van der Waals surface area (Å²) in [4.78, 5) is 0. The lowest BCUT2D eigenvalue weighted by molar-refractivity contribution is 0.621. The molecule has 0 aliphatic carbocycles. The van der Waals surface area contributed by atoms with E-state index in [0.717, 1.165) is 12.8 Å². The minimum Gasteiger partial charge on any atom is -0.195 e. The van der Waals surface area contributed by atoms with Crippen molar-refractivity contribution < 1.29 is 8.42 Å². The maximum Gasteiger partial charge on any atom is 0.317 e. The molecule has 0 radical (unpaired) electrons. The van der Waals surface area contributed by atoms with Crippen LogP contribution in [0, 0.1) is 0 Å². The Morgan fingerprint density at radius 1 is 1.07 bits per heavy atom. The second-order valence-corrected chi connectivity index (χ2v) is 6.57. The van der Waals surface area contributed by atoms with Crippen molar-refractivity contribution in [2.24, 2.45) is 0 Å². The van der Waals surface area contributed by atoms with E-state index >= 15 is 0 Å². The molecule has 0 amide bonds. The molecule has 0 heterocycles. The highest BCUT2D eigenvalue weighted by molar-refractivity contribution is 8.31. The van der Waals surface area contributed by atoms with E-state index in [1.54, 1.807) is 0 Å². The highest BCUT2D eigenvalue weighted by atomic mass is 36.0. The maximum atomic E-state index is 9.16. The second kappa shape index (κ2) is 7.09. The molecular weight excluding hydrogens is 255 g/mol. The number of aryl methyl sites for hydroxylation is 2. The van der Waals surface area contributed by atoms with Crippen LogP contribution in [0.5, 0.6) is 0 Å². The van der Waals surface area contributed by atoms with Crippen molar-refractivity contribution in [3.05, 3.63) is 35.4 Å². The zero-order valence-electron chi connectivity index (χ0n) is 8.70. The van der Waals surface area contributed by atoms with Gasteiger partial charge < -0.3 is 0 Å². The summed E-state index contributed by atoms with van der Waals surface area (Å²) in [6, 6.07) is 8.77. The van der Waals surface area contributed by atoms with E-state index < -0.39 is 8.26 Å². The number of rotatable bonds is 2. The van der Waals surface area contributed by atoms with Crippen LogP contribution in [0.1, 0.15) is 25.0 Å². The van der Waals surface area contributed by atoms with Gasteiger partial charge in [-0.3, -0.25) is 0 Å². The van der Waals surface area contributed by atoms with Crippen LogP contribution in [0.25, 0.3) is 0 Å². The number of hydrogen-bond donors (Lipinski definition) is 0. The van der Waals surface area contributed by atoms with Gasteiger partial charge in [-0.2, -0.15) is 8.42 Å². The van der Waals surface area contributed by atoms with Crippen molar-refractivity contribution in [3.63, 3.8) is 0 Å². The smallest absolute Gasteiger partial charge is 0.195 e. The predicted octanol–water partition coefficient (Wildman–Crippen LogP) is 3.52. The first-order valence-electron chi connectivity index (χ1n) is 4.58. The van der Waals surface area contributed by atoms with Gasteiger partial charge in [-0.1, -0.05) is 38.1 Å². The number of halogens is 2. The fraction of sp³-hybridized carbons (Fsp3) is 0.400. The van der Waals surface area contributed by atoms with Gasteiger partial charge in [0.1, 0.15) is 0 Å². The van der Waals surface area contributed by atoms with Gasteiger partial charge in [0.05, 0.1) is 0 Å². The summed E-state index contributed by atoms with van der Waals surface area (Å²) in [5.74, 6) is 0. The molecule has 0 unspecified atom stereocenters. The topological polar surface area (TPSA) is 34.1 Å². The summed E-state index contributed by atoms with van der Waals surface area (Å²) in [7, 11) is 4.81. The van der Waals surface area contributed by atoms with Crippen molar-refractivity contribution in [2.75, 3.05) is 0 Å². The van der Waals surface area contributed by atoms with Crippen LogP contribution in [0.3, 0.4) is 0 Å². The standard InChI is InChI=1S/C10H14.Cl2O2S/c1-3-9-6-5-7-10(4-2)8-9;1-5(2,3)4/h5-8H,3-4H2,1-2H3;. The maximum absolute atomic E-state index is 9.16. The minimum absolute atomic E-state index is 1.15. The van der Waals surface area contributed by atoms with Gasteiger partial charge in [0, 0.05) is 21.4 Å². The Morgan fingerprint density at radius 3 is 1.67 bits per heavy atom. The highest BCUT2D eigenvalue weighted by Gasteiger charge is 1.89. The predicted molar refractivity (Wildman–Crippen MR) is 65.8 cm³/mol. The summed E-state index contributed by atoms with van der Waals surface area (Å²) >= 11 is 0. The van der Waals surface area contributed by atoms with E-state index in [9.17, 15) is 0 Å². The van der Waals surface area contributed by atoms with Crippen molar-refractivity contribution in [3.8, 4) is 0 Å². The Balaban J connectivity index is 0.000000336. The first kappa shape index (κ1) is 14.8. The van der Waals surface area contributed by atoms with Crippen LogP contribution >= 0.6 is 21.4 Å². The Bertz CT molecular complexity index is 361. The molecule has 0 atom stereocenters. The number of hydrogen-bond acceptors (Lipinski definition) is 2. The molecule has 0 aliphatic heterocycles. The Labute approximate surface area is 100 Å². The van der Waals surface area contributed by atoms with Crippen molar-refractivity contribution in [2.45, 2.75) is 26.7 Å². The normalized spacial score (nSPS) is 10.4. The van der Waals surface area contributed by atoms with Crippen LogP contribution in [-0.2, 0) is 21.1 Å². The van der Waals surface area contributed by atoms with Gasteiger partial charge in [-0.15, -0.1) is 0 Å². The van der Waals surface area contributed by atoms with E-state index in [1.165, 1.54) is 11.1 Å². The lowest BCUT2D eigenvalue weighted by Gasteiger charge is -1.98. The lowest BCUT2D eigenvalue weighted by atomic mass is 10.1. The molecule has 5 heteroatoms. The Hall–Kier alpha value is -0.250. The molecule has 0 aromatic heterocycles. The highest BCUT2D eigenvalue weighted by Crippen LogP contribution is 2.05. The zero-order chi connectivity index (χ0) is 11.9. The first-order valence-corrected chi connectivity index (χ1v) is 7.72. The molecule has 0 bridgehead atoms. The molecule has 15 heavy (non-hydrogen) atoms. The van der Waals surface area contributed by atoms with Gasteiger partial charge in [0.2, 0.25) is 0 Å². The van der Waals surface area contributed by atoms with Gasteiger partial charge in [-0.05, 0) is 24.0 Å². The molecule has 0 saturated carbocycles. The molecule has 0 fully saturated rings. The van der Waals surface area contributed by atoms with Gasteiger partial charge in [0.25, 0.3) is 0 Å². The molecule has 1 rings (SSSR count). The van der Waals surface area contributed by atoms with Crippen LogP contribution in [0.15, 0.2) is 24.3 Å². The van der Waals surface area contributed by atoms with E-state index in [2.05, 4.69) is 59.5 Å². The summed E-state index contributed by atoms with van der Waals surface area (Å²) in [6.45, 7) is 4.38. The van der Waals surface area contributed by atoms with E-state index in [-0.39, 0.29) is 0 Å². The summed E-state index contributed by atoms with van der Waals surface area (Å²) in [5, 5.41) is 0. The molecule has 86 valence electrons. The zero-order valence-corrected chi connectivity index (χ0v) is 11.0. The molecule has 1 aromatic rings. The van der Waals surface area contributed by atoms with Gasteiger partial charge in [-0.25, -0.2) is 0 Å². The first-order chi connectivity index (χ1) is 6.86. The van der Waals surface area contributed by atoms with Crippen LogP contribution < -0.4 is 0 Å². The van der Waals surface area contributed by atoms with Crippen molar-refractivity contribution >= 4 is 29.6 Å². The largest absolute Gasteiger partial charge is 0.317 e. The third-order valence-electron chi connectivity index (χ3n) is 1.81. The van der Waals surface area contributed by atoms with E-state index in [4.69, 9.17) is 8.42 Å². The SMILES string of the molecule is CCc1cccc(CC)c1.O=S(=O)(Cl)Cl. The molecule has 2 nitrogen and oxygen atoms in total. The summed E-state index contributed by atoms with van der Waals surface area (Å²) in [6.07, 6.45) is 2.29.